The van der Waals surface area contributed by atoms with Crippen LogP contribution in [0.2, 0.25) is 5.02 Å². The number of aliphatic hydroxyl groups is 1. The van der Waals surface area contributed by atoms with Crippen LogP contribution >= 0.6 is 11.6 Å². The highest BCUT2D eigenvalue weighted by molar-refractivity contribution is 6.31. The molecule has 1 aliphatic rings. The molecule has 0 amide bonds. The van der Waals surface area contributed by atoms with Gasteiger partial charge in [0, 0.05) is 17.0 Å². The van der Waals surface area contributed by atoms with Crippen molar-refractivity contribution in [3.63, 3.8) is 0 Å². The van der Waals surface area contributed by atoms with Crippen molar-refractivity contribution in [2.45, 2.75) is 19.4 Å². The normalized spacial score (nSPS) is 14.8. The lowest BCUT2D eigenvalue weighted by Gasteiger charge is -2.04. The summed E-state index contributed by atoms with van der Waals surface area (Å²) in [7, 11) is 0. The minimum Gasteiger partial charge on any atom is -0.392 e. The van der Waals surface area contributed by atoms with E-state index in [1.54, 1.807) is 12.1 Å². The number of fused-ring (bicyclic) bond motifs is 1. The van der Waals surface area contributed by atoms with Crippen molar-refractivity contribution in [2.75, 3.05) is 0 Å². The van der Waals surface area contributed by atoms with E-state index >= 15 is 0 Å². The molecule has 0 heterocycles. The van der Waals surface area contributed by atoms with Crippen LogP contribution in [0.5, 0.6) is 0 Å². The summed E-state index contributed by atoms with van der Waals surface area (Å²) in [6, 6.07) is 3.46. The average Bonchev–Trinajstić information content (AvgIpc) is 2.46. The Morgan fingerprint density at radius 3 is 2.85 bits per heavy atom. The third kappa shape index (κ3) is 1.36. The molecule has 1 aliphatic carbocycles. The van der Waals surface area contributed by atoms with Crippen LogP contribution in [0.15, 0.2) is 12.1 Å². The molecular weight excluding hydrogens is 188 g/mol. The number of carbonyl (C=O) groups is 1. The minimum atomic E-state index is -0.116. The maximum Gasteiger partial charge on any atom is 0.163 e. The molecule has 2 nitrogen and oxygen atoms in total. The Balaban J connectivity index is 2.64. The minimum absolute atomic E-state index is 0.116. The van der Waals surface area contributed by atoms with Gasteiger partial charge in [0.1, 0.15) is 0 Å². The Labute approximate surface area is 81.1 Å². The van der Waals surface area contributed by atoms with Crippen molar-refractivity contribution in [1.82, 2.24) is 0 Å². The number of aliphatic hydroxyl groups excluding tert-OH is 1. The van der Waals surface area contributed by atoms with E-state index in [-0.39, 0.29) is 12.4 Å². The molecule has 13 heavy (non-hydrogen) atoms. The van der Waals surface area contributed by atoms with Gasteiger partial charge in [-0.25, -0.2) is 0 Å². The maximum atomic E-state index is 11.4. The van der Waals surface area contributed by atoms with Crippen LogP contribution in [0.1, 0.15) is 27.9 Å². The van der Waals surface area contributed by atoms with Crippen LogP contribution in [-0.4, -0.2) is 10.9 Å². The second-order valence-corrected chi connectivity index (χ2v) is 3.62. The molecule has 0 fully saturated rings. The first kappa shape index (κ1) is 8.73. The lowest BCUT2D eigenvalue weighted by molar-refractivity contribution is 0.0992. The highest BCUT2D eigenvalue weighted by atomic mass is 35.5. The van der Waals surface area contributed by atoms with Gasteiger partial charge in [0.15, 0.2) is 5.78 Å². The molecule has 68 valence electrons. The summed E-state index contributed by atoms with van der Waals surface area (Å²) in [4.78, 5) is 11.4. The van der Waals surface area contributed by atoms with E-state index in [1.165, 1.54) is 0 Å². The van der Waals surface area contributed by atoms with Gasteiger partial charge in [-0.15, -0.1) is 0 Å². The quantitative estimate of drug-likeness (QED) is 0.746. The van der Waals surface area contributed by atoms with E-state index in [0.29, 0.717) is 22.6 Å². The van der Waals surface area contributed by atoms with E-state index in [1.807, 2.05) is 0 Å². The number of benzene rings is 1. The molecule has 0 aliphatic heterocycles. The Bertz CT molecular complexity index is 371. The number of hydrogen-bond donors (Lipinski definition) is 1. The molecule has 0 unspecified atom stereocenters. The van der Waals surface area contributed by atoms with Crippen LogP contribution in [-0.2, 0) is 13.0 Å². The van der Waals surface area contributed by atoms with Gasteiger partial charge in [-0.05, 0) is 29.7 Å². The lowest BCUT2D eigenvalue weighted by Crippen LogP contribution is -1.99. The van der Waals surface area contributed by atoms with Gasteiger partial charge in [-0.1, -0.05) is 11.6 Å². The Morgan fingerprint density at radius 1 is 1.38 bits per heavy atom. The van der Waals surface area contributed by atoms with Gasteiger partial charge in [0.05, 0.1) is 6.61 Å². The van der Waals surface area contributed by atoms with Crippen molar-refractivity contribution in [3.05, 3.63) is 33.8 Å². The molecule has 0 saturated carbocycles. The van der Waals surface area contributed by atoms with Crippen LogP contribution in [0.4, 0.5) is 0 Å². The summed E-state index contributed by atoms with van der Waals surface area (Å²) < 4.78 is 0. The third-order valence-corrected chi connectivity index (χ3v) is 2.56. The number of aryl methyl sites for hydroxylation is 1. The average molecular weight is 197 g/mol. The Hall–Kier alpha value is -0.860. The number of hydrogen-bond acceptors (Lipinski definition) is 2. The van der Waals surface area contributed by atoms with Crippen molar-refractivity contribution < 1.29 is 9.90 Å². The third-order valence-electron chi connectivity index (χ3n) is 2.34. The number of ketones is 1. The number of carbonyl (C=O) groups excluding carboxylic acids is 1. The standard InChI is InChI=1S/C10H9ClO2/c11-8-3-6-1-2-9(13)10(6)7(4-8)5-12/h3-4,12H,1-2,5H2. The summed E-state index contributed by atoms with van der Waals surface area (Å²) in [5, 5.41) is 9.63. The molecule has 0 aromatic heterocycles. The molecule has 0 atom stereocenters. The van der Waals surface area contributed by atoms with E-state index in [2.05, 4.69) is 0 Å². The highest BCUT2D eigenvalue weighted by Gasteiger charge is 2.22. The van der Waals surface area contributed by atoms with Crippen molar-refractivity contribution in [2.24, 2.45) is 0 Å². The highest BCUT2D eigenvalue weighted by Crippen LogP contribution is 2.28. The van der Waals surface area contributed by atoms with Crippen LogP contribution < -0.4 is 0 Å². The maximum absolute atomic E-state index is 11.4. The van der Waals surface area contributed by atoms with E-state index in [0.717, 1.165) is 12.0 Å². The van der Waals surface area contributed by atoms with E-state index < -0.39 is 0 Å². The van der Waals surface area contributed by atoms with Crippen molar-refractivity contribution in [1.29, 1.82) is 0 Å². The molecule has 0 saturated heterocycles. The first-order chi connectivity index (χ1) is 6.22. The van der Waals surface area contributed by atoms with Crippen LogP contribution in [0.25, 0.3) is 0 Å². The Morgan fingerprint density at radius 2 is 2.15 bits per heavy atom. The zero-order valence-electron chi connectivity index (χ0n) is 7.01. The summed E-state index contributed by atoms with van der Waals surface area (Å²) in [5.41, 5.74) is 2.32. The molecule has 1 N–H and O–H groups in total. The summed E-state index contributed by atoms with van der Waals surface area (Å²) in [6.07, 6.45) is 1.30. The molecular formula is C10H9ClO2. The smallest absolute Gasteiger partial charge is 0.163 e. The fourth-order valence-corrected chi connectivity index (χ4v) is 2.04. The predicted octanol–water partition coefficient (Wildman–Crippen LogP) is 1.96. The second kappa shape index (κ2) is 3.13. The first-order valence-electron chi connectivity index (χ1n) is 4.17. The summed E-state index contributed by atoms with van der Waals surface area (Å²) >= 11 is 5.83. The topological polar surface area (TPSA) is 37.3 Å². The number of Topliss-reactive ketones (excluding diaryl/α,β-unsaturated/α-hetero) is 1. The predicted molar refractivity (Wildman–Crippen MR) is 50.0 cm³/mol. The van der Waals surface area contributed by atoms with E-state index in [9.17, 15) is 4.79 Å². The van der Waals surface area contributed by atoms with Gasteiger partial charge in [-0.3, -0.25) is 4.79 Å². The molecule has 0 bridgehead atoms. The van der Waals surface area contributed by atoms with E-state index in [4.69, 9.17) is 16.7 Å². The second-order valence-electron chi connectivity index (χ2n) is 3.18. The van der Waals surface area contributed by atoms with Gasteiger partial charge in [-0.2, -0.15) is 0 Å². The summed E-state index contributed by atoms with van der Waals surface area (Å²) in [6.45, 7) is -0.116. The molecule has 0 spiro atoms. The zero-order valence-corrected chi connectivity index (χ0v) is 7.77. The molecule has 3 heteroatoms. The van der Waals surface area contributed by atoms with Gasteiger partial charge >= 0.3 is 0 Å². The zero-order chi connectivity index (χ0) is 9.42. The lowest BCUT2D eigenvalue weighted by atomic mass is 10.0. The summed E-state index contributed by atoms with van der Waals surface area (Å²) in [5.74, 6) is 0.121. The van der Waals surface area contributed by atoms with Gasteiger partial charge in [0.2, 0.25) is 0 Å². The number of halogens is 1. The number of rotatable bonds is 1. The monoisotopic (exact) mass is 196 g/mol. The molecule has 1 aromatic rings. The fourth-order valence-electron chi connectivity index (χ4n) is 1.78. The largest absolute Gasteiger partial charge is 0.392 e. The van der Waals surface area contributed by atoms with Crippen molar-refractivity contribution >= 4 is 17.4 Å². The molecule has 0 radical (unpaired) electrons. The van der Waals surface area contributed by atoms with Crippen LogP contribution in [0, 0.1) is 0 Å². The molecule has 1 aromatic carbocycles. The fraction of sp³-hybridized carbons (Fsp3) is 0.300. The van der Waals surface area contributed by atoms with Crippen molar-refractivity contribution in [3.8, 4) is 0 Å². The first-order valence-corrected chi connectivity index (χ1v) is 4.55. The SMILES string of the molecule is O=C1CCc2cc(Cl)cc(CO)c21. The Kier molecular flexibility index (Phi) is 2.10. The van der Waals surface area contributed by atoms with Gasteiger partial charge in [0.25, 0.3) is 0 Å². The molecule has 2 rings (SSSR count). The van der Waals surface area contributed by atoms with Crippen LogP contribution in [0.3, 0.4) is 0 Å². The van der Waals surface area contributed by atoms with Gasteiger partial charge < -0.3 is 5.11 Å².